The van der Waals surface area contributed by atoms with E-state index in [1.165, 1.54) is 5.38 Å². The molecule has 0 aliphatic carbocycles. The van der Waals surface area contributed by atoms with Crippen LogP contribution in [-0.2, 0) is 30.2 Å². The Labute approximate surface area is 289 Å². The Bertz CT molecular complexity index is 1330. The van der Waals surface area contributed by atoms with Gasteiger partial charge in [0.1, 0.15) is 28.9 Å². The lowest BCUT2D eigenvalue weighted by atomic mass is 9.93. The van der Waals surface area contributed by atoms with Crippen LogP contribution in [-0.4, -0.2) is 76.4 Å². The van der Waals surface area contributed by atoms with Crippen molar-refractivity contribution in [2.45, 2.75) is 118 Å². The normalized spacial score (nSPS) is 15.4. The molecule has 2 rings (SSSR count). The van der Waals surface area contributed by atoms with Crippen molar-refractivity contribution in [3.8, 4) is 0 Å². The SMILES string of the molecule is CCOC(=O)[C@@H](C)C[C@H](Cc1ccccc1)OC(=O)c1csc([C@H](O)C[C@H](C(C)C)N(C)C(=O)[C@@H](NC(=O)OC(C)(C)C)[C@@H](C)CC)n1. The van der Waals surface area contributed by atoms with E-state index in [2.05, 4.69) is 10.3 Å². The van der Waals surface area contributed by atoms with Crippen molar-refractivity contribution in [3.05, 3.63) is 52.0 Å². The van der Waals surface area contributed by atoms with Gasteiger partial charge in [0, 0.05) is 31.3 Å². The van der Waals surface area contributed by atoms with Crippen LogP contribution < -0.4 is 5.32 Å². The first-order chi connectivity index (χ1) is 22.5. The minimum absolute atomic E-state index is 0.0442. The lowest BCUT2D eigenvalue weighted by molar-refractivity contribution is -0.148. The number of nitrogens with one attached hydrogen (secondary N) is 1. The molecular weight excluding hydrogens is 634 g/mol. The van der Waals surface area contributed by atoms with E-state index in [0.717, 1.165) is 16.9 Å². The van der Waals surface area contributed by atoms with Crippen molar-refractivity contribution in [1.29, 1.82) is 0 Å². The van der Waals surface area contributed by atoms with Crippen LogP contribution >= 0.6 is 11.3 Å². The molecule has 48 heavy (non-hydrogen) atoms. The summed E-state index contributed by atoms with van der Waals surface area (Å²) < 4.78 is 16.4. The van der Waals surface area contributed by atoms with Gasteiger partial charge in [0.2, 0.25) is 5.91 Å². The van der Waals surface area contributed by atoms with Crippen LogP contribution in [0.5, 0.6) is 0 Å². The number of alkyl carbamates (subject to hydrolysis) is 1. The molecule has 0 saturated heterocycles. The number of carbonyl (C=O) groups excluding carboxylic acids is 4. The van der Waals surface area contributed by atoms with Gasteiger partial charge in [0.15, 0.2) is 5.69 Å². The second-order valence-corrected chi connectivity index (χ2v) is 14.6. The Morgan fingerprint density at radius 2 is 1.67 bits per heavy atom. The first kappa shape index (κ1) is 40.7. The molecule has 1 heterocycles. The van der Waals surface area contributed by atoms with Crippen molar-refractivity contribution >= 4 is 35.3 Å². The van der Waals surface area contributed by atoms with Gasteiger partial charge in [-0.15, -0.1) is 11.3 Å². The first-order valence-corrected chi connectivity index (χ1v) is 17.7. The predicted octanol–water partition coefficient (Wildman–Crippen LogP) is 6.35. The zero-order valence-corrected chi connectivity index (χ0v) is 31.0. The third-order valence-corrected chi connectivity index (χ3v) is 9.08. The molecule has 1 aromatic heterocycles. The van der Waals surface area contributed by atoms with E-state index >= 15 is 0 Å². The maximum absolute atomic E-state index is 13.8. The van der Waals surface area contributed by atoms with E-state index in [4.69, 9.17) is 14.2 Å². The van der Waals surface area contributed by atoms with Crippen LogP contribution in [0.3, 0.4) is 0 Å². The fourth-order valence-electron chi connectivity index (χ4n) is 5.28. The molecule has 0 aliphatic rings. The number of esters is 2. The highest BCUT2D eigenvalue weighted by Gasteiger charge is 2.35. The number of benzene rings is 1. The van der Waals surface area contributed by atoms with E-state index in [0.29, 0.717) is 17.8 Å². The van der Waals surface area contributed by atoms with Gasteiger partial charge < -0.3 is 29.5 Å². The Kier molecular flexibility index (Phi) is 16.0. The molecule has 0 bridgehead atoms. The van der Waals surface area contributed by atoms with Crippen LogP contribution in [0.2, 0.25) is 0 Å². The Hall–Kier alpha value is -3.51. The predicted molar refractivity (Wildman–Crippen MR) is 185 cm³/mol. The largest absolute Gasteiger partial charge is 0.466 e. The molecule has 6 atom stereocenters. The van der Waals surface area contributed by atoms with Gasteiger partial charge in [-0.3, -0.25) is 9.59 Å². The van der Waals surface area contributed by atoms with Gasteiger partial charge >= 0.3 is 18.0 Å². The minimum atomic E-state index is -1.07. The van der Waals surface area contributed by atoms with Crippen LogP contribution in [0, 0.1) is 17.8 Å². The molecule has 268 valence electrons. The highest BCUT2D eigenvalue weighted by molar-refractivity contribution is 7.09. The number of rotatable bonds is 17. The van der Waals surface area contributed by atoms with Crippen molar-refractivity contribution < 1.29 is 38.5 Å². The van der Waals surface area contributed by atoms with E-state index in [1.54, 1.807) is 46.6 Å². The number of hydrogen-bond donors (Lipinski definition) is 2. The van der Waals surface area contributed by atoms with Crippen molar-refractivity contribution in [3.63, 3.8) is 0 Å². The number of ether oxygens (including phenoxy) is 3. The van der Waals surface area contributed by atoms with Crippen molar-refractivity contribution in [2.24, 2.45) is 17.8 Å². The topological polar surface area (TPSA) is 144 Å². The zero-order valence-electron chi connectivity index (χ0n) is 30.1. The number of aliphatic hydroxyl groups is 1. The van der Waals surface area contributed by atoms with Gasteiger partial charge in [0.25, 0.3) is 0 Å². The fraction of sp³-hybridized carbons (Fsp3) is 0.639. The lowest BCUT2D eigenvalue weighted by Crippen LogP contribution is -2.54. The van der Waals surface area contributed by atoms with E-state index < -0.39 is 47.9 Å². The number of hydrogen-bond acceptors (Lipinski definition) is 10. The highest BCUT2D eigenvalue weighted by atomic mass is 32.1. The quantitative estimate of drug-likeness (QED) is 0.143. The number of amides is 2. The molecule has 0 unspecified atom stereocenters. The number of aliphatic hydroxyl groups excluding tert-OH is 1. The maximum atomic E-state index is 13.8. The average Bonchev–Trinajstić information content (AvgIpc) is 3.52. The second-order valence-electron chi connectivity index (χ2n) is 13.7. The number of thiazole rings is 1. The summed E-state index contributed by atoms with van der Waals surface area (Å²) in [5.74, 6) is -1.98. The van der Waals surface area contributed by atoms with Gasteiger partial charge in [0.05, 0.1) is 12.5 Å². The molecule has 1 aromatic carbocycles. The summed E-state index contributed by atoms with van der Waals surface area (Å²) in [5, 5.41) is 15.9. The molecule has 11 nitrogen and oxygen atoms in total. The number of likely N-dealkylation sites (N-methyl/N-ethyl adjacent to an activating group) is 1. The molecule has 0 radical (unpaired) electrons. The van der Waals surface area contributed by atoms with Gasteiger partial charge in [-0.1, -0.05) is 71.4 Å². The molecule has 12 heteroatoms. The highest BCUT2D eigenvalue weighted by Crippen LogP contribution is 2.28. The fourth-order valence-corrected chi connectivity index (χ4v) is 6.06. The molecule has 2 N–H and O–H groups in total. The van der Waals surface area contributed by atoms with Gasteiger partial charge in [-0.2, -0.15) is 0 Å². The van der Waals surface area contributed by atoms with Crippen LogP contribution in [0.25, 0.3) is 0 Å². The molecule has 0 aliphatic heterocycles. The first-order valence-electron chi connectivity index (χ1n) is 16.8. The summed E-state index contributed by atoms with van der Waals surface area (Å²) in [5.41, 5.74) is 0.294. The summed E-state index contributed by atoms with van der Waals surface area (Å²) in [6.07, 6.45) is -0.839. The Morgan fingerprint density at radius 1 is 1.02 bits per heavy atom. The summed E-state index contributed by atoms with van der Waals surface area (Å²) in [4.78, 5) is 57.9. The Balaban J connectivity index is 2.18. The number of carbonyl (C=O) groups is 4. The average molecular weight is 690 g/mol. The molecule has 2 amide bonds. The Morgan fingerprint density at radius 3 is 2.23 bits per heavy atom. The molecule has 0 fully saturated rings. The minimum Gasteiger partial charge on any atom is -0.466 e. The smallest absolute Gasteiger partial charge is 0.408 e. The molecule has 0 spiro atoms. The summed E-state index contributed by atoms with van der Waals surface area (Å²) >= 11 is 1.13. The van der Waals surface area contributed by atoms with Crippen LogP contribution in [0.1, 0.15) is 109 Å². The van der Waals surface area contributed by atoms with Gasteiger partial charge in [-0.25, -0.2) is 14.6 Å². The zero-order chi connectivity index (χ0) is 36.2. The monoisotopic (exact) mass is 689 g/mol. The summed E-state index contributed by atoms with van der Waals surface area (Å²) in [7, 11) is 1.67. The molecular formula is C36H55N3O8S. The number of nitrogens with zero attached hydrogens (tertiary/aromatic N) is 2. The third-order valence-electron chi connectivity index (χ3n) is 8.13. The van der Waals surface area contributed by atoms with Crippen molar-refractivity contribution in [1.82, 2.24) is 15.2 Å². The van der Waals surface area contributed by atoms with E-state index in [-0.39, 0.29) is 48.9 Å². The van der Waals surface area contributed by atoms with Crippen LogP contribution in [0.4, 0.5) is 4.79 Å². The van der Waals surface area contributed by atoms with Crippen molar-refractivity contribution in [2.75, 3.05) is 13.7 Å². The molecule has 2 aromatic rings. The summed E-state index contributed by atoms with van der Waals surface area (Å²) in [6, 6.07) is 8.33. The summed E-state index contributed by atoms with van der Waals surface area (Å²) in [6.45, 7) is 16.8. The maximum Gasteiger partial charge on any atom is 0.408 e. The number of aromatic nitrogens is 1. The van der Waals surface area contributed by atoms with E-state index in [1.807, 2.05) is 58.0 Å². The van der Waals surface area contributed by atoms with E-state index in [9.17, 15) is 24.3 Å². The van der Waals surface area contributed by atoms with Gasteiger partial charge in [-0.05, 0) is 51.5 Å². The standard InChI is InChI=1S/C36H55N3O8S/c1-11-23(5)30(38-35(44)47-36(7,8)9)32(41)39(10)28(22(3)4)20-29(40)31-37-27(21-48-31)34(43)46-26(18-24(6)33(42)45-12-2)19-25-16-14-13-15-17-25/h13-17,21-24,26,28-30,40H,11-12,18-20H2,1-10H3,(H,38,44)/t23-,24-,26+,28+,29+,30-/m0/s1. The third kappa shape index (κ3) is 12.8. The lowest BCUT2D eigenvalue weighted by Gasteiger charge is -2.36. The second kappa shape index (κ2) is 18.9. The molecule has 0 saturated carbocycles. The van der Waals surface area contributed by atoms with Crippen LogP contribution in [0.15, 0.2) is 35.7 Å².